The Labute approximate surface area is 146 Å². The van der Waals surface area contributed by atoms with Crippen LogP contribution in [-0.2, 0) is 19.0 Å². The van der Waals surface area contributed by atoms with E-state index in [1.165, 1.54) is 11.8 Å². The van der Waals surface area contributed by atoms with Gasteiger partial charge in [-0.25, -0.2) is 0 Å². The monoisotopic (exact) mass is 371 g/mol. The van der Waals surface area contributed by atoms with Crippen molar-refractivity contribution in [1.82, 2.24) is 0 Å². The van der Waals surface area contributed by atoms with Crippen LogP contribution < -0.4 is 0 Å². The minimum atomic E-state index is -3.53. The molecule has 0 bridgehead atoms. The number of thioether (sulfide) groups is 1. The van der Waals surface area contributed by atoms with Crippen LogP contribution in [0.1, 0.15) is 13.8 Å². The summed E-state index contributed by atoms with van der Waals surface area (Å²) < 4.78 is 33.5. The first-order valence-corrected chi connectivity index (χ1v) is 10.3. The Balaban J connectivity index is 2.18. The summed E-state index contributed by atoms with van der Waals surface area (Å²) in [5.74, 6) is 0.0268. The van der Waals surface area contributed by atoms with Crippen molar-refractivity contribution in [3.05, 3.63) is 40.8 Å². The Kier molecular flexibility index (Phi) is 6.54. The number of hydrogen-bond acceptors (Lipinski definition) is 6. The zero-order valence-electron chi connectivity index (χ0n) is 13.8. The lowest BCUT2D eigenvalue weighted by Gasteiger charge is -2.42. The van der Waals surface area contributed by atoms with Gasteiger partial charge in [-0.2, -0.15) is 8.42 Å². The van der Waals surface area contributed by atoms with E-state index in [1.54, 1.807) is 0 Å². The highest BCUT2D eigenvalue weighted by atomic mass is 32.2. The minimum absolute atomic E-state index is 0.00475. The van der Waals surface area contributed by atoms with Crippen molar-refractivity contribution >= 4 is 21.9 Å². The first-order chi connectivity index (χ1) is 11.3. The van der Waals surface area contributed by atoms with Crippen molar-refractivity contribution < 1.29 is 17.3 Å². The van der Waals surface area contributed by atoms with Gasteiger partial charge in [0, 0.05) is 9.81 Å². The van der Waals surface area contributed by atoms with Crippen molar-refractivity contribution in [1.29, 1.82) is 0 Å². The maximum Gasteiger partial charge on any atom is 0.264 e. The summed E-state index contributed by atoms with van der Waals surface area (Å²) in [7, 11) is -3.53. The Bertz CT molecular complexity index is 692. The van der Waals surface area contributed by atoms with E-state index in [1.807, 2.05) is 44.2 Å². The molecule has 1 fully saturated rings. The molecule has 1 aliphatic rings. The highest BCUT2D eigenvalue weighted by Gasteiger charge is 2.41. The van der Waals surface area contributed by atoms with Crippen molar-refractivity contribution in [3.63, 3.8) is 0 Å². The quantitative estimate of drug-likeness (QED) is 0.330. The molecule has 1 aromatic rings. The maximum absolute atomic E-state index is 11.3. The van der Waals surface area contributed by atoms with Crippen molar-refractivity contribution in [3.8, 4) is 0 Å². The Morgan fingerprint density at radius 1 is 1.29 bits per heavy atom. The van der Waals surface area contributed by atoms with Gasteiger partial charge in [-0.3, -0.25) is 4.18 Å². The molecule has 0 aliphatic carbocycles. The minimum Gasteiger partial charge on any atom is -0.361 e. The number of nitrogens with zero attached hydrogens (tertiary/aromatic N) is 3. The fourth-order valence-electron chi connectivity index (χ4n) is 2.61. The van der Waals surface area contributed by atoms with E-state index in [4.69, 9.17) is 14.5 Å². The van der Waals surface area contributed by atoms with Crippen molar-refractivity contribution in [2.75, 3.05) is 12.9 Å². The lowest BCUT2D eigenvalue weighted by Crippen LogP contribution is -2.48. The zero-order chi connectivity index (χ0) is 17.7. The SMILES string of the molecule is CC1[C@@H](C)C(COS(C)(=O)=O)O[C@@H](Sc2ccccc2)[C@@H]1N=[N+]=[N-]. The van der Waals surface area contributed by atoms with Crippen LogP contribution in [0, 0.1) is 11.8 Å². The van der Waals surface area contributed by atoms with Gasteiger partial charge in [0.05, 0.1) is 25.0 Å². The van der Waals surface area contributed by atoms with Crippen LogP contribution in [0.4, 0.5) is 0 Å². The molecule has 5 atom stereocenters. The second kappa shape index (κ2) is 8.22. The van der Waals surface area contributed by atoms with Crippen molar-refractivity contribution in [2.45, 2.75) is 36.3 Å². The summed E-state index contributed by atoms with van der Waals surface area (Å²) in [6, 6.07) is 9.32. The number of hydrogen-bond donors (Lipinski definition) is 0. The molecule has 1 saturated heterocycles. The van der Waals surface area contributed by atoms with E-state index < -0.39 is 15.6 Å². The van der Waals surface area contributed by atoms with Crippen LogP contribution in [0.25, 0.3) is 10.4 Å². The first kappa shape index (κ1) is 19.1. The lowest BCUT2D eigenvalue weighted by molar-refractivity contribution is -0.0901. The smallest absolute Gasteiger partial charge is 0.264 e. The van der Waals surface area contributed by atoms with Gasteiger partial charge in [-0.1, -0.05) is 48.9 Å². The molecule has 0 saturated carbocycles. The summed E-state index contributed by atoms with van der Waals surface area (Å²) in [6.45, 7) is 3.89. The summed E-state index contributed by atoms with van der Waals surface area (Å²) >= 11 is 1.46. The highest BCUT2D eigenvalue weighted by Crippen LogP contribution is 2.40. The van der Waals surface area contributed by atoms with Crippen LogP contribution in [-0.4, -0.2) is 38.9 Å². The van der Waals surface area contributed by atoms with Gasteiger partial charge in [0.1, 0.15) is 5.44 Å². The molecule has 0 N–H and O–H groups in total. The van der Waals surface area contributed by atoms with Gasteiger partial charge in [-0.15, -0.1) is 0 Å². The molecule has 1 heterocycles. The second-order valence-electron chi connectivity index (χ2n) is 5.88. The molecule has 0 aromatic heterocycles. The van der Waals surface area contributed by atoms with Gasteiger partial charge in [0.15, 0.2) is 0 Å². The highest BCUT2D eigenvalue weighted by molar-refractivity contribution is 7.99. The van der Waals surface area contributed by atoms with E-state index in [-0.39, 0.29) is 30.6 Å². The first-order valence-electron chi connectivity index (χ1n) is 7.57. The Morgan fingerprint density at radius 3 is 2.54 bits per heavy atom. The molecule has 7 nitrogen and oxygen atoms in total. The molecule has 0 radical (unpaired) electrons. The predicted octanol–water partition coefficient (Wildman–Crippen LogP) is 3.43. The third-order valence-electron chi connectivity index (χ3n) is 4.17. The van der Waals surface area contributed by atoms with E-state index in [9.17, 15) is 8.42 Å². The fourth-order valence-corrected chi connectivity index (χ4v) is 4.21. The zero-order valence-corrected chi connectivity index (χ0v) is 15.4. The molecular weight excluding hydrogens is 350 g/mol. The standard InChI is InChI=1S/C15H21N3O4S2/c1-10-11(2)14(17-18-16)15(23-12-7-5-4-6-8-12)22-13(10)9-21-24(3,19)20/h4-8,10-11,13-15H,9H2,1-3H3/t10-,11?,13?,14-,15+/m1/s1. The van der Waals surface area contributed by atoms with Gasteiger partial charge in [0.25, 0.3) is 10.1 Å². The summed E-state index contributed by atoms with van der Waals surface area (Å²) in [5.41, 5.74) is 8.47. The molecule has 132 valence electrons. The van der Waals surface area contributed by atoms with E-state index >= 15 is 0 Å². The van der Waals surface area contributed by atoms with Gasteiger partial charge < -0.3 is 4.74 Å². The van der Waals surface area contributed by atoms with Gasteiger partial charge in [0.2, 0.25) is 0 Å². The number of azide groups is 1. The summed E-state index contributed by atoms with van der Waals surface area (Å²) in [6.07, 6.45) is 0.629. The lowest BCUT2D eigenvalue weighted by atomic mass is 9.83. The Morgan fingerprint density at radius 2 is 1.96 bits per heavy atom. The van der Waals surface area contributed by atoms with E-state index in [0.717, 1.165) is 11.2 Å². The predicted molar refractivity (Wildman–Crippen MR) is 93.0 cm³/mol. The second-order valence-corrected chi connectivity index (χ2v) is 8.69. The number of rotatable bonds is 6. The largest absolute Gasteiger partial charge is 0.361 e. The molecule has 0 amide bonds. The third-order valence-corrected chi connectivity index (χ3v) is 5.90. The van der Waals surface area contributed by atoms with E-state index in [0.29, 0.717) is 0 Å². The number of benzene rings is 1. The van der Waals surface area contributed by atoms with Gasteiger partial charge >= 0.3 is 0 Å². The molecule has 0 spiro atoms. The third kappa shape index (κ3) is 5.12. The molecule has 24 heavy (non-hydrogen) atoms. The van der Waals surface area contributed by atoms with Crippen LogP contribution in [0.15, 0.2) is 40.3 Å². The number of ether oxygens (including phenoxy) is 1. The maximum atomic E-state index is 11.3. The van der Waals surface area contributed by atoms with Crippen LogP contribution in [0.3, 0.4) is 0 Å². The van der Waals surface area contributed by atoms with Gasteiger partial charge in [-0.05, 0) is 29.5 Å². The topological polar surface area (TPSA) is 101 Å². The average molecular weight is 371 g/mol. The van der Waals surface area contributed by atoms with Crippen LogP contribution in [0.5, 0.6) is 0 Å². The average Bonchev–Trinajstić information content (AvgIpc) is 2.53. The van der Waals surface area contributed by atoms with Crippen LogP contribution in [0.2, 0.25) is 0 Å². The molecule has 2 unspecified atom stereocenters. The Hall–Kier alpha value is -1.25. The summed E-state index contributed by atoms with van der Waals surface area (Å²) in [5, 5.41) is 3.91. The normalized spacial score (nSPS) is 30.5. The molecule has 1 aliphatic heterocycles. The molecular formula is C15H21N3O4S2. The van der Waals surface area contributed by atoms with E-state index in [2.05, 4.69) is 10.0 Å². The fraction of sp³-hybridized carbons (Fsp3) is 0.600. The molecule has 1 aromatic carbocycles. The van der Waals surface area contributed by atoms with Crippen molar-refractivity contribution in [2.24, 2.45) is 17.0 Å². The van der Waals surface area contributed by atoms with Crippen LogP contribution >= 0.6 is 11.8 Å². The molecule has 2 rings (SSSR count). The molecule has 9 heteroatoms. The summed E-state index contributed by atoms with van der Waals surface area (Å²) in [4.78, 5) is 3.94.